The topological polar surface area (TPSA) is 63.6 Å². The van der Waals surface area contributed by atoms with Crippen molar-refractivity contribution >= 4 is 15.7 Å². The molecule has 1 N–H and O–H groups in total. The summed E-state index contributed by atoms with van der Waals surface area (Å²) in [5.41, 5.74) is 2.13. The van der Waals surface area contributed by atoms with Gasteiger partial charge in [0.2, 0.25) is 0 Å². The highest BCUT2D eigenvalue weighted by atomic mass is 32.2. The standard InChI is InChI=1S/C22H24FN3O3S/c1-24-15-17-13-22(20-7-2-3-8-21(20)23)26(16-17)30(27,28)19-6-4-5-18(14-19)25-9-11-29-12-10-25/h2-8,13-14,16,24H,9-12,15H2,1H3. The second-order valence-corrected chi connectivity index (χ2v) is 8.96. The summed E-state index contributed by atoms with van der Waals surface area (Å²) in [5, 5.41) is 3.01. The van der Waals surface area contributed by atoms with E-state index in [-0.39, 0.29) is 10.5 Å². The van der Waals surface area contributed by atoms with Crippen LogP contribution in [0.15, 0.2) is 65.7 Å². The lowest BCUT2D eigenvalue weighted by Gasteiger charge is -2.29. The van der Waals surface area contributed by atoms with Gasteiger partial charge in [0.1, 0.15) is 5.82 Å². The van der Waals surface area contributed by atoms with Crippen molar-refractivity contribution in [3.05, 3.63) is 72.2 Å². The zero-order valence-corrected chi connectivity index (χ0v) is 17.5. The van der Waals surface area contributed by atoms with Crippen LogP contribution in [0.5, 0.6) is 0 Å². The van der Waals surface area contributed by atoms with Gasteiger partial charge in [0.15, 0.2) is 0 Å². The van der Waals surface area contributed by atoms with E-state index in [4.69, 9.17) is 4.74 Å². The number of hydrogen-bond donors (Lipinski definition) is 1. The van der Waals surface area contributed by atoms with Gasteiger partial charge in [0.25, 0.3) is 10.0 Å². The SMILES string of the molecule is CNCc1cc(-c2ccccc2F)n(S(=O)(=O)c2cccc(N3CCOCC3)c2)c1. The van der Waals surface area contributed by atoms with Gasteiger partial charge >= 0.3 is 0 Å². The van der Waals surface area contributed by atoms with Crippen molar-refractivity contribution in [3.63, 3.8) is 0 Å². The van der Waals surface area contributed by atoms with Gasteiger partial charge in [-0.1, -0.05) is 18.2 Å². The Morgan fingerprint density at radius 2 is 1.83 bits per heavy atom. The van der Waals surface area contributed by atoms with E-state index in [1.807, 2.05) is 6.07 Å². The highest BCUT2D eigenvalue weighted by Crippen LogP contribution is 2.30. The fraction of sp³-hybridized carbons (Fsp3) is 0.273. The van der Waals surface area contributed by atoms with Crippen molar-refractivity contribution in [2.45, 2.75) is 11.4 Å². The summed E-state index contributed by atoms with van der Waals surface area (Å²) in [6.07, 6.45) is 1.55. The van der Waals surface area contributed by atoms with E-state index in [9.17, 15) is 12.8 Å². The monoisotopic (exact) mass is 429 g/mol. The molecule has 1 aromatic heterocycles. The molecule has 1 aliphatic heterocycles. The summed E-state index contributed by atoms with van der Waals surface area (Å²) < 4.78 is 48.2. The number of halogens is 1. The number of aromatic nitrogens is 1. The van der Waals surface area contributed by atoms with Gasteiger partial charge in [0.05, 0.1) is 23.8 Å². The van der Waals surface area contributed by atoms with Crippen LogP contribution in [0.25, 0.3) is 11.3 Å². The Balaban J connectivity index is 1.80. The Morgan fingerprint density at radius 3 is 2.57 bits per heavy atom. The predicted octanol–water partition coefficient (Wildman–Crippen LogP) is 3.09. The van der Waals surface area contributed by atoms with E-state index in [1.165, 1.54) is 10.0 Å². The number of ether oxygens (including phenoxy) is 1. The number of anilines is 1. The summed E-state index contributed by atoms with van der Waals surface area (Å²) in [4.78, 5) is 2.26. The average molecular weight is 430 g/mol. The normalized spacial score (nSPS) is 14.8. The molecule has 2 heterocycles. The molecule has 0 radical (unpaired) electrons. The molecule has 0 spiro atoms. The van der Waals surface area contributed by atoms with Crippen LogP contribution in [-0.2, 0) is 21.3 Å². The Kier molecular flexibility index (Phi) is 5.90. The van der Waals surface area contributed by atoms with Gasteiger partial charge in [-0.05, 0) is 49.0 Å². The number of rotatable bonds is 6. The number of nitrogens with zero attached hydrogens (tertiary/aromatic N) is 2. The first-order valence-corrected chi connectivity index (χ1v) is 11.2. The molecule has 1 saturated heterocycles. The molecule has 0 atom stereocenters. The van der Waals surface area contributed by atoms with E-state index in [2.05, 4.69) is 10.2 Å². The largest absolute Gasteiger partial charge is 0.378 e. The molecule has 6 nitrogen and oxygen atoms in total. The first-order valence-electron chi connectivity index (χ1n) is 9.80. The van der Waals surface area contributed by atoms with Crippen molar-refractivity contribution in [3.8, 4) is 11.3 Å². The second kappa shape index (κ2) is 8.59. The lowest BCUT2D eigenvalue weighted by Crippen LogP contribution is -2.36. The van der Waals surface area contributed by atoms with E-state index >= 15 is 0 Å². The minimum Gasteiger partial charge on any atom is -0.378 e. The number of nitrogens with one attached hydrogen (secondary N) is 1. The Hall–Kier alpha value is -2.68. The van der Waals surface area contributed by atoms with Crippen LogP contribution in [0.4, 0.5) is 10.1 Å². The van der Waals surface area contributed by atoms with E-state index in [1.54, 1.807) is 55.7 Å². The molecule has 4 rings (SSSR count). The second-order valence-electron chi connectivity index (χ2n) is 7.14. The molecule has 1 fully saturated rings. The molecule has 2 aromatic carbocycles. The summed E-state index contributed by atoms with van der Waals surface area (Å²) in [6, 6.07) is 14.8. The third-order valence-electron chi connectivity index (χ3n) is 5.12. The van der Waals surface area contributed by atoms with Crippen LogP contribution in [0.2, 0.25) is 0 Å². The quantitative estimate of drug-likeness (QED) is 0.653. The molecule has 0 bridgehead atoms. The average Bonchev–Trinajstić information content (AvgIpc) is 3.20. The van der Waals surface area contributed by atoms with Crippen molar-refractivity contribution in [2.75, 3.05) is 38.3 Å². The van der Waals surface area contributed by atoms with Crippen LogP contribution < -0.4 is 10.2 Å². The van der Waals surface area contributed by atoms with Crippen LogP contribution in [0.1, 0.15) is 5.56 Å². The lowest BCUT2D eigenvalue weighted by molar-refractivity contribution is 0.122. The Morgan fingerprint density at radius 1 is 1.07 bits per heavy atom. The van der Waals surface area contributed by atoms with Gasteiger partial charge in [-0.2, -0.15) is 0 Å². The molecule has 30 heavy (non-hydrogen) atoms. The minimum atomic E-state index is -3.93. The molecule has 0 saturated carbocycles. The van der Waals surface area contributed by atoms with Crippen molar-refractivity contribution < 1.29 is 17.5 Å². The third kappa shape index (κ3) is 3.98. The van der Waals surface area contributed by atoms with Crippen LogP contribution in [0.3, 0.4) is 0 Å². The van der Waals surface area contributed by atoms with Crippen molar-refractivity contribution in [1.82, 2.24) is 9.29 Å². The van der Waals surface area contributed by atoms with Crippen LogP contribution in [-0.4, -0.2) is 45.7 Å². The van der Waals surface area contributed by atoms with Crippen molar-refractivity contribution in [2.24, 2.45) is 0 Å². The molecule has 158 valence electrons. The maximum Gasteiger partial charge on any atom is 0.268 e. The van der Waals surface area contributed by atoms with E-state index < -0.39 is 15.8 Å². The molecule has 0 aliphatic carbocycles. The summed E-state index contributed by atoms with van der Waals surface area (Å²) in [6.45, 7) is 3.11. The molecule has 0 unspecified atom stereocenters. The maximum atomic E-state index is 14.5. The molecular weight excluding hydrogens is 405 g/mol. The first-order chi connectivity index (χ1) is 14.5. The fourth-order valence-corrected chi connectivity index (χ4v) is 5.07. The van der Waals surface area contributed by atoms with Gasteiger partial charge in [-0.3, -0.25) is 0 Å². The molecule has 3 aromatic rings. The van der Waals surface area contributed by atoms with Crippen molar-refractivity contribution in [1.29, 1.82) is 0 Å². The highest BCUT2D eigenvalue weighted by molar-refractivity contribution is 7.90. The predicted molar refractivity (Wildman–Crippen MR) is 115 cm³/mol. The smallest absolute Gasteiger partial charge is 0.268 e. The fourth-order valence-electron chi connectivity index (χ4n) is 3.64. The Bertz CT molecular complexity index is 1140. The maximum absolute atomic E-state index is 14.5. The Labute approximate surface area is 175 Å². The molecule has 8 heteroatoms. The summed E-state index contributed by atoms with van der Waals surface area (Å²) in [7, 11) is -2.15. The number of benzene rings is 2. The van der Waals surface area contributed by atoms with Gasteiger partial charge < -0.3 is 15.0 Å². The first kappa shape index (κ1) is 20.6. The molecule has 0 amide bonds. The van der Waals surface area contributed by atoms with Gasteiger partial charge in [0, 0.05) is 37.1 Å². The van der Waals surface area contributed by atoms with Gasteiger partial charge in [-0.25, -0.2) is 16.8 Å². The van der Waals surface area contributed by atoms with Crippen LogP contribution in [0, 0.1) is 5.82 Å². The minimum absolute atomic E-state index is 0.163. The summed E-state index contributed by atoms with van der Waals surface area (Å²) >= 11 is 0. The molecule has 1 aliphatic rings. The van der Waals surface area contributed by atoms with Crippen LogP contribution >= 0.6 is 0 Å². The highest BCUT2D eigenvalue weighted by Gasteiger charge is 2.24. The van der Waals surface area contributed by atoms with E-state index in [0.29, 0.717) is 38.5 Å². The zero-order chi connectivity index (χ0) is 21.1. The lowest BCUT2D eigenvalue weighted by atomic mass is 10.1. The summed E-state index contributed by atoms with van der Waals surface area (Å²) in [5.74, 6) is -0.467. The molecular formula is C22H24FN3O3S. The number of hydrogen-bond acceptors (Lipinski definition) is 5. The number of morpholine rings is 1. The third-order valence-corrected chi connectivity index (χ3v) is 6.79. The zero-order valence-electron chi connectivity index (χ0n) is 16.7. The van der Waals surface area contributed by atoms with E-state index in [0.717, 1.165) is 11.3 Å². The van der Waals surface area contributed by atoms with Gasteiger partial charge in [-0.15, -0.1) is 0 Å².